The number of nitrogens with zero attached hydrogens (tertiary/aromatic N) is 1. The molecule has 7 heteroatoms. The van der Waals surface area contributed by atoms with Crippen molar-refractivity contribution in [1.29, 1.82) is 0 Å². The average Bonchev–Trinajstić information content (AvgIpc) is 2.89. The molecule has 0 saturated heterocycles. The monoisotopic (exact) mass is 319 g/mol. The van der Waals surface area contributed by atoms with Gasteiger partial charge in [-0.1, -0.05) is 30.3 Å². The van der Waals surface area contributed by atoms with Gasteiger partial charge in [0.1, 0.15) is 0 Å². The summed E-state index contributed by atoms with van der Waals surface area (Å²) in [4.78, 5) is 12.4. The summed E-state index contributed by atoms with van der Waals surface area (Å²) in [6, 6.07) is 9.39. The Kier molecular flexibility index (Phi) is 3.74. The molecule has 1 aromatic heterocycles. The summed E-state index contributed by atoms with van der Waals surface area (Å²) >= 11 is 0. The van der Waals surface area contributed by atoms with Gasteiger partial charge in [0.25, 0.3) is 5.91 Å². The molecule has 6 nitrogen and oxygen atoms in total. The van der Waals surface area contributed by atoms with Crippen LogP contribution >= 0.6 is 0 Å². The quantitative estimate of drug-likeness (QED) is 0.894. The number of aromatic nitrogens is 2. The number of benzene rings is 1. The van der Waals surface area contributed by atoms with Gasteiger partial charge in [-0.2, -0.15) is 5.10 Å². The Morgan fingerprint density at radius 1 is 1.32 bits per heavy atom. The highest BCUT2D eigenvalue weighted by atomic mass is 32.2. The SMILES string of the molecule is C[C@@H](NC(=O)c1n[nH]c2c1CS(=O)(=O)CC2)c1ccccc1. The topological polar surface area (TPSA) is 91.9 Å². The molecule has 22 heavy (non-hydrogen) atoms. The number of carbonyl (C=O) groups excluding carboxylic acids is 1. The predicted octanol–water partition coefficient (Wildman–Crippen LogP) is 1.37. The zero-order valence-electron chi connectivity index (χ0n) is 12.2. The highest BCUT2D eigenvalue weighted by Crippen LogP contribution is 2.22. The molecular weight excluding hydrogens is 302 g/mol. The molecule has 2 N–H and O–H groups in total. The van der Waals surface area contributed by atoms with Gasteiger partial charge in [0.2, 0.25) is 0 Å². The molecule has 2 aromatic rings. The van der Waals surface area contributed by atoms with Crippen LogP contribution in [-0.4, -0.2) is 30.3 Å². The van der Waals surface area contributed by atoms with E-state index < -0.39 is 9.84 Å². The largest absolute Gasteiger partial charge is 0.344 e. The van der Waals surface area contributed by atoms with E-state index in [1.807, 2.05) is 37.3 Å². The van der Waals surface area contributed by atoms with Gasteiger partial charge in [0, 0.05) is 17.7 Å². The Morgan fingerprint density at radius 2 is 2.05 bits per heavy atom. The van der Waals surface area contributed by atoms with E-state index >= 15 is 0 Å². The Hall–Kier alpha value is -2.15. The van der Waals surface area contributed by atoms with Crippen molar-refractivity contribution in [3.63, 3.8) is 0 Å². The van der Waals surface area contributed by atoms with Gasteiger partial charge in [0.15, 0.2) is 15.5 Å². The van der Waals surface area contributed by atoms with E-state index in [0.717, 1.165) is 11.3 Å². The van der Waals surface area contributed by atoms with Crippen molar-refractivity contribution < 1.29 is 13.2 Å². The van der Waals surface area contributed by atoms with Gasteiger partial charge in [-0.3, -0.25) is 9.89 Å². The molecule has 0 unspecified atom stereocenters. The van der Waals surface area contributed by atoms with E-state index in [-0.39, 0.29) is 29.1 Å². The van der Waals surface area contributed by atoms with Crippen LogP contribution in [0.15, 0.2) is 30.3 Å². The van der Waals surface area contributed by atoms with Crippen LogP contribution in [0.2, 0.25) is 0 Å². The Bertz CT molecular complexity index is 797. The average molecular weight is 319 g/mol. The van der Waals surface area contributed by atoms with Crippen molar-refractivity contribution >= 4 is 15.7 Å². The van der Waals surface area contributed by atoms with Crippen molar-refractivity contribution in [2.24, 2.45) is 0 Å². The molecule has 0 bridgehead atoms. The third-order valence-electron chi connectivity index (χ3n) is 3.84. The highest BCUT2D eigenvalue weighted by molar-refractivity contribution is 7.90. The molecule has 0 radical (unpaired) electrons. The van der Waals surface area contributed by atoms with Gasteiger partial charge in [0.05, 0.1) is 17.5 Å². The molecule has 0 aliphatic carbocycles. The normalized spacial score (nSPS) is 17.5. The molecule has 2 heterocycles. The Balaban J connectivity index is 1.81. The Labute approximate surface area is 128 Å². The number of hydrogen-bond donors (Lipinski definition) is 2. The summed E-state index contributed by atoms with van der Waals surface area (Å²) < 4.78 is 23.5. The van der Waals surface area contributed by atoms with Crippen molar-refractivity contribution in [3.05, 3.63) is 52.8 Å². The predicted molar refractivity (Wildman–Crippen MR) is 82.1 cm³/mol. The molecule has 116 valence electrons. The van der Waals surface area contributed by atoms with Crippen molar-refractivity contribution in [3.8, 4) is 0 Å². The molecular formula is C15H17N3O3S. The van der Waals surface area contributed by atoms with Gasteiger partial charge >= 0.3 is 0 Å². The standard InChI is InChI=1S/C15H17N3O3S/c1-10(11-5-3-2-4-6-11)16-15(19)14-12-9-22(20,21)8-7-13(12)17-18-14/h2-6,10H,7-9H2,1H3,(H,16,19)(H,17,18)/t10-/m1/s1. The maximum atomic E-state index is 12.4. The molecule has 1 amide bonds. The van der Waals surface area contributed by atoms with Gasteiger partial charge in [-0.25, -0.2) is 8.42 Å². The number of rotatable bonds is 3. The maximum Gasteiger partial charge on any atom is 0.272 e. The fourth-order valence-electron chi connectivity index (χ4n) is 2.59. The molecule has 1 aliphatic heterocycles. The number of aromatic amines is 1. The number of amides is 1. The van der Waals surface area contributed by atoms with Gasteiger partial charge in [-0.15, -0.1) is 0 Å². The van der Waals surface area contributed by atoms with Crippen molar-refractivity contribution in [1.82, 2.24) is 15.5 Å². The van der Waals surface area contributed by atoms with E-state index in [2.05, 4.69) is 15.5 Å². The van der Waals surface area contributed by atoms with Crippen LogP contribution in [0.1, 0.15) is 40.3 Å². The van der Waals surface area contributed by atoms with Crippen molar-refractivity contribution in [2.45, 2.75) is 25.1 Å². The summed E-state index contributed by atoms with van der Waals surface area (Å²) in [5.74, 6) is -0.378. The van der Waals surface area contributed by atoms with Crippen LogP contribution in [0.25, 0.3) is 0 Å². The molecule has 1 aromatic carbocycles. The lowest BCUT2D eigenvalue weighted by atomic mass is 10.1. The second kappa shape index (κ2) is 5.57. The number of nitrogens with one attached hydrogen (secondary N) is 2. The number of aryl methyl sites for hydroxylation is 1. The van der Waals surface area contributed by atoms with Crippen LogP contribution < -0.4 is 5.32 Å². The number of sulfone groups is 1. The van der Waals surface area contributed by atoms with E-state index in [1.54, 1.807) is 0 Å². The highest BCUT2D eigenvalue weighted by Gasteiger charge is 2.29. The lowest BCUT2D eigenvalue weighted by molar-refractivity contribution is 0.0934. The van der Waals surface area contributed by atoms with Crippen molar-refractivity contribution in [2.75, 3.05) is 5.75 Å². The molecule has 0 fully saturated rings. The minimum atomic E-state index is -3.14. The Morgan fingerprint density at radius 3 is 2.77 bits per heavy atom. The van der Waals surface area contributed by atoms with Gasteiger partial charge in [-0.05, 0) is 12.5 Å². The minimum absolute atomic E-state index is 0.101. The third-order valence-corrected chi connectivity index (χ3v) is 5.40. The fraction of sp³-hybridized carbons (Fsp3) is 0.333. The van der Waals surface area contributed by atoms with E-state index in [4.69, 9.17) is 0 Å². The lowest BCUT2D eigenvalue weighted by Crippen LogP contribution is -2.29. The van der Waals surface area contributed by atoms with E-state index in [0.29, 0.717) is 12.0 Å². The van der Waals surface area contributed by atoms with E-state index in [1.165, 1.54) is 0 Å². The number of carbonyl (C=O) groups is 1. The molecule has 0 spiro atoms. The maximum absolute atomic E-state index is 12.4. The first kappa shape index (κ1) is 14.8. The van der Waals surface area contributed by atoms with Crippen LogP contribution in [0.3, 0.4) is 0 Å². The fourth-order valence-corrected chi connectivity index (χ4v) is 4.00. The lowest BCUT2D eigenvalue weighted by Gasteiger charge is -2.15. The first-order valence-electron chi connectivity index (χ1n) is 7.08. The first-order chi connectivity index (χ1) is 10.5. The smallest absolute Gasteiger partial charge is 0.272 e. The second-order valence-corrected chi connectivity index (χ2v) is 7.66. The first-order valence-corrected chi connectivity index (χ1v) is 8.91. The summed E-state index contributed by atoms with van der Waals surface area (Å²) in [7, 11) is -3.14. The summed E-state index contributed by atoms with van der Waals surface area (Å²) in [5, 5.41) is 9.65. The van der Waals surface area contributed by atoms with E-state index in [9.17, 15) is 13.2 Å². The van der Waals surface area contributed by atoms with Crippen LogP contribution in [0, 0.1) is 0 Å². The van der Waals surface area contributed by atoms with Crippen LogP contribution in [0.4, 0.5) is 0 Å². The second-order valence-electron chi connectivity index (χ2n) is 5.48. The third kappa shape index (κ3) is 2.89. The zero-order valence-corrected chi connectivity index (χ0v) is 13.0. The molecule has 1 aliphatic rings. The zero-order chi connectivity index (χ0) is 15.7. The van der Waals surface area contributed by atoms with Crippen LogP contribution in [0.5, 0.6) is 0 Å². The molecule has 0 saturated carbocycles. The number of H-pyrrole nitrogens is 1. The molecule has 3 rings (SSSR count). The summed E-state index contributed by atoms with van der Waals surface area (Å²) in [6.45, 7) is 1.88. The molecule has 1 atom stereocenters. The van der Waals surface area contributed by atoms with Gasteiger partial charge < -0.3 is 5.32 Å². The number of fused-ring (bicyclic) bond motifs is 1. The van der Waals surface area contributed by atoms with Crippen LogP contribution in [-0.2, 0) is 22.0 Å². The minimum Gasteiger partial charge on any atom is -0.344 e. The summed E-state index contributed by atoms with van der Waals surface area (Å²) in [6.07, 6.45) is 0.381. The summed E-state index contributed by atoms with van der Waals surface area (Å²) in [5.41, 5.74) is 2.41. The number of hydrogen-bond acceptors (Lipinski definition) is 4.